The average Bonchev–Trinajstić information content (AvgIpc) is 2.84. The summed E-state index contributed by atoms with van der Waals surface area (Å²) in [5.74, 6) is 1.23. The zero-order valence-corrected chi connectivity index (χ0v) is 12.4. The molecule has 5 heteroatoms. The van der Waals surface area contributed by atoms with E-state index in [2.05, 4.69) is 17.1 Å². The summed E-state index contributed by atoms with van der Waals surface area (Å²) in [6.07, 6.45) is 7.15. The minimum Gasteiger partial charge on any atom is -0.377 e. The van der Waals surface area contributed by atoms with Gasteiger partial charge < -0.3 is 15.0 Å². The third-order valence-electron chi connectivity index (χ3n) is 2.92. The predicted octanol–water partition coefficient (Wildman–Crippen LogP) is 3.01. The molecule has 0 saturated carbocycles. The van der Waals surface area contributed by atoms with Crippen molar-refractivity contribution in [2.24, 2.45) is 5.73 Å². The van der Waals surface area contributed by atoms with Crippen LogP contribution in [0.5, 0.6) is 0 Å². The average molecular weight is 269 g/mol. The van der Waals surface area contributed by atoms with Gasteiger partial charge in [0.25, 0.3) is 0 Å². The molecule has 0 aromatic carbocycles. The highest BCUT2D eigenvalue weighted by molar-refractivity contribution is 4.93. The maximum absolute atomic E-state index is 5.94. The Balaban J connectivity index is 2.27. The molecule has 0 saturated heterocycles. The van der Waals surface area contributed by atoms with Gasteiger partial charge in [-0.1, -0.05) is 37.8 Å². The molecule has 0 radical (unpaired) electrons. The molecule has 0 aliphatic rings. The summed E-state index contributed by atoms with van der Waals surface area (Å²) in [6, 6.07) is -0.306. The van der Waals surface area contributed by atoms with E-state index in [-0.39, 0.29) is 12.1 Å². The molecule has 1 rings (SSSR count). The van der Waals surface area contributed by atoms with E-state index in [9.17, 15) is 0 Å². The Bertz CT molecular complexity index is 339. The van der Waals surface area contributed by atoms with Crippen molar-refractivity contribution in [2.75, 3.05) is 6.61 Å². The van der Waals surface area contributed by atoms with Gasteiger partial charge in [-0.2, -0.15) is 4.98 Å². The van der Waals surface area contributed by atoms with E-state index in [0.717, 1.165) is 12.8 Å². The molecule has 0 bridgehead atoms. The molecular weight excluding hydrogens is 242 g/mol. The van der Waals surface area contributed by atoms with Gasteiger partial charge in [-0.15, -0.1) is 0 Å². The van der Waals surface area contributed by atoms with Crippen molar-refractivity contribution in [2.45, 2.75) is 71.4 Å². The summed E-state index contributed by atoms with van der Waals surface area (Å²) in [5.41, 5.74) is 5.94. The molecular formula is C14H27N3O2. The Kier molecular flexibility index (Phi) is 7.67. The van der Waals surface area contributed by atoms with Crippen molar-refractivity contribution < 1.29 is 9.26 Å². The second-order valence-corrected chi connectivity index (χ2v) is 5.20. The minimum absolute atomic E-state index is 0.163. The summed E-state index contributed by atoms with van der Waals surface area (Å²) in [7, 11) is 0. The highest BCUT2D eigenvalue weighted by Gasteiger charge is 2.14. The summed E-state index contributed by atoms with van der Waals surface area (Å²) in [4.78, 5) is 4.32. The second kappa shape index (κ2) is 9.04. The van der Waals surface area contributed by atoms with Gasteiger partial charge in [-0.05, 0) is 20.3 Å². The lowest BCUT2D eigenvalue weighted by atomic mass is 10.1. The number of hydrogen-bond acceptors (Lipinski definition) is 5. The highest BCUT2D eigenvalue weighted by Crippen LogP contribution is 2.11. The fourth-order valence-corrected chi connectivity index (χ4v) is 1.77. The molecule has 1 unspecified atom stereocenters. The molecule has 0 aliphatic heterocycles. The number of ether oxygens (including phenoxy) is 1. The van der Waals surface area contributed by atoms with E-state index in [0.29, 0.717) is 18.3 Å². The van der Waals surface area contributed by atoms with Crippen molar-refractivity contribution in [3.8, 4) is 0 Å². The molecule has 1 atom stereocenters. The smallest absolute Gasteiger partial charge is 0.226 e. The number of unbranched alkanes of at least 4 members (excludes halogenated alkanes) is 4. The maximum Gasteiger partial charge on any atom is 0.226 e. The number of aryl methyl sites for hydroxylation is 1. The van der Waals surface area contributed by atoms with Crippen LogP contribution >= 0.6 is 0 Å². The Morgan fingerprint density at radius 1 is 1.21 bits per heavy atom. The number of nitrogens with two attached hydrogens (primary N) is 1. The molecule has 1 aromatic rings. The number of nitrogens with zero attached hydrogens (tertiary/aromatic N) is 2. The monoisotopic (exact) mass is 269 g/mol. The first kappa shape index (κ1) is 16.1. The van der Waals surface area contributed by atoms with Crippen LogP contribution < -0.4 is 5.73 Å². The number of aromatic nitrogens is 2. The number of rotatable bonds is 10. The van der Waals surface area contributed by atoms with Crippen LogP contribution in [0, 0.1) is 0 Å². The Morgan fingerprint density at radius 2 is 1.95 bits per heavy atom. The number of hydrogen-bond donors (Lipinski definition) is 1. The zero-order valence-electron chi connectivity index (χ0n) is 12.4. The minimum atomic E-state index is -0.306. The molecule has 110 valence electrons. The van der Waals surface area contributed by atoms with E-state index >= 15 is 0 Å². The van der Waals surface area contributed by atoms with Gasteiger partial charge in [-0.3, -0.25) is 0 Å². The third-order valence-corrected chi connectivity index (χ3v) is 2.92. The van der Waals surface area contributed by atoms with E-state index in [1.807, 2.05) is 13.8 Å². The quantitative estimate of drug-likeness (QED) is 0.661. The molecule has 0 fully saturated rings. The standard InChI is InChI=1S/C14H27N3O2/c1-4-5-6-7-8-9-13-16-14(17-19-13)12(15)10-18-11(2)3/h11-12H,4-10,15H2,1-3H3. The van der Waals surface area contributed by atoms with Gasteiger partial charge >= 0.3 is 0 Å². The van der Waals surface area contributed by atoms with Crippen molar-refractivity contribution >= 4 is 0 Å². The summed E-state index contributed by atoms with van der Waals surface area (Å²) in [6.45, 7) is 6.59. The van der Waals surface area contributed by atoms with Gasteiger partial charge in [0.05, 0.1) is 18.8 Å². The molecule has 19 heavy (non-hydrogen) atoms. The summed E-state index contributed by atoms with van der Waals surface area (Å²) in [5, 5.41) is 3.92. The largest absolute Gasteiger partial charge is 0.377 e. The summed E-state index contributed by atoms with van der Waals surface area (Å²) < 4.78 is 10.6. The van der Waals surface area contributed by atoms with Crippen LogP contribution in [0.4, 0.5) is 0 Å². The van der Waals surface area contributed by atoms with Crippen LogP contribution in [0.3, 0.4) is 0 Å². The third kappa shape index (κ3) is 6.68. The second-order valence-electron chi connectivity index (χ2n) is 5.20. The molecule has 1 aromatic heterocycles. The fraction of sp³-hybridized carbons (Fsp3) is 0.857. The van der Waals surface area contributed by atoms with Crippen molar-refractivity contribution in [3.63, 3.8) is 0 Å². The van der Waals surface area contributed by atoms with Gasteiger partial charge in [0.1, 0.15) is 0 Å². The van der Waals surface area contributed by atoms with E-state index in [1.165, 1.54) is 25.7 Å². The van der Waals surface area contributed by atoms with Crippen LogP contribution in [-0.2, 0) is 11.2 Å². The highest BCUT2D eigenvalue weighted by atomic mass is 16.5. The van der Waals surface area contributed by atoms with E-state index < -0.39 is 0 Å². The van der Waals surface area contributed by atoms with Crippen molar-refractivity contribution in [1.82, 2.24) is 10.1 Å². The zero-order chi connectivity index (χ0) is 14.1. The lowest BCUT2D eigenvalue weighted by Crippen LogP contribution is -2.20. The van der Waals surface area contributed by atoms with Crippen LogP contribution in [0.1, 0.15) is 70.6 Å². The van der Waals surface area contributed by atoms with E-state index in [4.69, 9.17) is 15.0 Å². The topological polar surface area (TPSA) is 74.2 Å². The Labute approximate surface area is 115 Å². The van der Waals surface area contributed by atoms with Crippen LogP contribution in [0.2, 0.25) is 0 Å². The molecule has 0 amide bonds. The lowest BCUT2D eigenvalue weighted by molar-refractivity contribution is 0.0665. The molecule has 0 spiro atoms. The fourth-order valence-electron chi connectivity index (χ4n) is 1.77. The van der Waals surface area contributed by atoms with Crippen molar-refractivity contribution in [3.05, 3.63) is 11.7 Å². The van der Waals surface area contributed by atoms with Crippen LogP contribution in [-0.4, -0.2) is 22.9 Å². The van der Waals surface area contributed by atoms with Gasteiger partial charge in [0.15, 0.2) is 5.82 Å². The molecule has 0 aliphatic carbocycles. The molecule has 5 nitrogen and oxygen atoms in total. The van der Waals surface area contributed by atoms with Gasteiger partial charge in [0, 0.05) is 6.42 Å². The van der Waals surface area contributed by atoms with Gasteiger partial charge in [-0.25, -0.2) is 0 Å². The SMILES string of the molecule is CCCCCCCc1nc(C(N)COC(C)C)no1. The lowest BCUT2D eigenvalue weighted by Gasteiger charge is -2.10. The van der Waals surface area contributed by atoms with Crippen molar-refractivity contribution in [1.29, 1.82) is 0 Å². The Morgan fingerprint density at radius 3 is 2.63 bits per heavy atom. The van der Waals surface area contributed by atoms with Gasteiger partial charge in [0.2, 0.25) is 5.89 Å². The predicted molar refractivity (Wildman–Crippen MR) is 74.8 cm³/mol. The first-order valence-corrected chi connectivity index (χ1v) is 7.33. The maximum atomic E-state index is 5.94. The van der Waals surface area contributed by atoms with Crippen LogP contribution in [0.15, 0.2) is 4.52 Å². The Hall–Kier alpha value is -0.940. The molecule has 1 heterocycles. The first-order chi connectivity index (χ1) is 9.13. The van der Waals surface area contributed by atoms with Crippen LogP contribution in [0.25, 0.3) is 0 Å². The first-order valence-electron chi connectivity index (χ1n) is 7.33. The molecule has 2 N–H and O–H groups in total. The summed E-state index contributed by atoms with van der Waals surface area (Å²) >= 11 is 0. The normalized spacial score (nSPS) is 13.1. The van der Waals surface area contributed by atoms with E-state index in [1.54, 1.807) is 0 Å².